The van der Waals surface area contributed by atoms with Gasteiger partial charge in [0, 0.05) is 27.8 Å². The molecule has 0 radical (unpaired) electrons. The van der Waals surface area contributed by atoms with Crippen molar-refractivity contribution in [1.29, 1.82) is 0 Å². The quantitative estimate of drug-likeness (QED) is 0.149. The van der Waals surface area contributed by atoms with Crippen molar-refractivity contribution < 1.29 is 0 Å². The lowest BCUT2D eigenvalue weighted by Gasteiger charge is -2.24. The van der Waals surface area contributed by atoms with Crippen LogP contribution in [0, 0.1) is 0 Å². The molecule has 6 heteroatoms. The van der Waals surface area contributed by atoms with Crippen molar-refractivity contribution in [1.82, 2.24) is 20.3 Å². The zero-order chi connectivity index (χ0) is 44.1. The van der Waals surface area contributed by atoms with Crippen LogP contribution in [0.15, 0.2) is 253 Å². The maximum Gasteiger partial charge on any atom is 0.164 e. The zero-order valence-corrected chi connectivity index (χ0v) is 35.9. The summed E-state index contributed by atoms with van der Waals surface area (Å²) in [5.74, 6) is 3.25. The van der Waals surface area contributed by atoms with E-state index in [1.54, 1.807) is 0 Å². The van der Waals surface area contributed by atoms with Gasteiger partial charge in [0.25, 0.3) is 0 Å². The Hall–Kier alpha value is -8.87. The van der Waals surface area contributed by atoms with Gasteiger partial charge in [-0.1, -0.05) is 218 Å². The number of nitrogens with zero attached hydrogens (tertiary/aromatic N) is 5. The zero-order valence-electron chi connectivity index (χ0n) is 35.9. The SMILES string of the molecule is c1ccc(C2=NC(c3cccc(-c4ccccc4)c3)=NC(c3cccc(-c4cccc(-c5nc(-c6ccc(-c7ccccc7)cc6)nc(-c6cccc(-c7ccccc7)c6)n5)c4)c3)N2)cc1. The molecule has 0 bridgehead atoms. The molecule has 0 saturated carbocycles. The average Bonchev–Trinajstić information content (AvgIpc) is 3.42. The molecule has 1 aliphatic rings. The Bertz CT molecular complexity index is 3370. The van der Waals surface area contributed by atoms with Crippen molar-refractivity contribution in [2.24, 2.45) is 9.98 Å². The molecule has 6 nitrogen and oxygen atoms in total. The Morgan fingerprint density at radius 3 is 1.15 bits per heavy atom. The smallest absolute Gasteiger partial charge is 0.164 e. The normalized spacial score (nSPS) is 13.3. The fraction of sp³-hybridized carbons (Fsp3) is 0.0167. The van der Waals surface area contributed by atoms with Crippen LogP contribution in [0.4, 0.5) is 0 Å². The molecule has 1 aliphatic heterocycles. The first-order chi connectivity index (χ1) is 32.7. The molecule has 312 valence electrons. The highest BCUT2D eigenvalue weighted by atomic mass is 15.2. The number of amidine groups is 2. The first kappa shape index (κ1) is 39.9. The van der Waals surface area contributed by atoms with E-state index < -0.39 is 0 Å². The third-order valence-electron chi connectivity index (χ3n) is 11.8. The standard InChI is InChI=1S/C60H42N6/c1-5-17-41(18-6-1)44-33-35-46(36-34-44)56-63-58(52-30-14-26-48(38-52)43-21-9-3-10-22-43)66-60(64-56)54-32-16-28-50(40-54)49-27-15-31-53(39-49)59-62-55(45-23-11-4-12-24-45)61-57(65-59)51-29-13-25-47(37-51)42-19-7-2-8-20-42/h1-40,59H,(H,61,62,65). The van der Waals surface area contributed by atoms with E-state index in [9.17, 15) is 0 Å². The van der Waals surface area contributed by atoms with Crippen molar-refractivity contribution in [3.8, 4) is 78.7 Å². The molecule has 0 amide bonds. The predicted molar refractivity (Wildman–Crippen MR) is 270 cm³/mol. The van der Waals surface area contributed by atoms with Gasteiger partial charge in [-0.2, -0.15) is 0 Å². The number of aliphatic imine (C=N–C) groups is 2. The molecule has 0 spiro atoms. The maximum atomic E-state index is 5.25. The Balaban J connectivity index is 0.962. The molecular formula is C60H42N6. The second kappa shape index (κ2) is 18.1. The molecule has 1 unspecified atom stereocenters. The summed E-state index contributed by atoms with van der Waals surface area (Å²) in [5, 5.41) is 3.65. The number of benzene rings is 9. The molecule has 1 atom stereocenters. The van der Waals surface area contributed by atoms with Gasteiger partial charge in [0.1, 0.15) is 12.0 Å². The van der Waals surface area contributed by atoms with Crippen LogP contribution in [0.5, 0.6) is 0 Å². The molecule has 9 aromatic carbocycles. The summed E-state index contributed by atoms with van der Waals surface area (Å²) >= 11 is 0. The Morgan fingerprint density at radius 2 is 0.621 bits per heavy atom. The molecule has 2 heterocycles. The number of hydrogen-bond acceptors (Lipinski definition) is 6. The summed E-state index contributed by atoms with van der Waals surface area (Å²) in [7, 11) is 0. The largest absolute Gasteiger partial charge is 0.344 e. The monoisotopic (exact) mass is 846 g/mol. The topological polar surface area (TPSA) is 75.4 Å². The van der Waals surface area contributed by atoms with Crippen LogP contribution in [-0.2, 0) is 0 Å². The van der Waals surface area contributed by atoms with E-state index in [4.69, 9.17) is 24.9 Å². The minimum atomic E-state index is -0.384. The average molecular weight is 847 g/mol. The van der Waals surface area contributed by atoms with Crippen LogP contribution >= 0.6 is 0 Å². The second-order valence-corrected chi connectivity index (χ2v) is 16.2. The first-order valence-corrected chi connectivity index (χ1v) is 22.1. The van der Waals surface area contributed by atoms with Gasteiger partial charge in [-0.05, 0) is 74.3 Å². The third-order valence-corrected chi connectivity index (χ3v) is 11.8. The summed E-state index contributed by atoms with van der Waals surface area (Å²) < 4.78 is 0. The van der Waals surface area contributed by atoms with Gasteiger partial charge in [-0.25, -0.2) is 24.9 Å². The molecule has 10 aromatic rings. The lowest BCUT2D eigenvalue weighted by atomic mass is 9.99. The Morgan fingerprint density at radius 1 is 0.273 bits per heavy atom. The highest BCUT2D eigenvalue weighted by Crippen LogP contribution is 2.33. The molecule has 0 fully saturated rings. The van der Waals surface area contributed by atoms with Crippen LogP contribution in [0.2, 0.25) is 0 Å². The van der Waals surface area contributed by atoms with Crippen molar-refractivity contribution in [3.63, 3.8) is 0 Å². The van der Waals surface area contributed by atoms with Crippen LogP contribution in [0.1, 0.15) is 22.9 Å². The Kier molecular flexibility index (Phi) is 10.9. The van der Waals surface area contributed by atoms with Gasteiger partial charge >= 0.3 is 0 Å². The van der Waals surface area contributed by atoms with Crippen molar-refractivity contribution >= 4 is 11.7 Å². The van der Waals surface area contributed by atoms with Gasteiger partial charge in [0.05, 0.1) is 0 Å². The summed E-state index contributed by atoms with van der Waals surface area (Å²) in [6.45, 7) is 0. The van der Waals surface area contributed by atoms with Gasteiger partial charge in [0.15, 0.2) is 23.3 Å². The molecule has 1 aromatic heterocycles. The van der Waals surface area contributed by atoms with Crippen molar-refractivity contribution in [2.45, 2.75) is 6.17 Å². The summed E-state index contributed by atoms with van der Waals surface area (Å²) in [5.41, 5.74) is 14.5. The molecule has 11 rings (SSSR count). The van der Waals surface area contributed by atoms with Crippen LogP contribution in [0.25, 0.3) is 78.7 Å². The van der Waals surface area contributed by atoms with Crippen LogP contribution < -0.4 is 5.32 Å². The van der Waals surface area contributed by atoms with Gasteiger partial charge in [-0.15, -0.1) is 0 Å². The van der Waals surface area contributed by atoms with Gasteiger partial charge in [-0.3, -0.25) is 0 Å². The van der Waals surface area contributed by atoms with Gasteiger partial charge < -0.3 is 5.32 Å². The highest BCUT2D eigenvalue weighted by Gasteiger charge is 2.22. The Labute approximate surface area is 384 Å². The van der Waals surface area contributed by atoms with Gasteiger partial charge in [0.2, 0.25) is 0 Å². The first-order valence-electron chi connectivity index (χ1n) is 22.1. The summed E-state index contributed by atoms with van der Waals surface area (Å²) in [4.78, 5) is 25.8. The number of aromatic nitrogens is 3. The molecule has 66 heavy (non-hydrogen) atoms. The van der Waals surface area contributed by atoms with Crippen molar-refractivity contribution in [3.05, 3.63) is 259 Å². The predicted octanol–water partition coefficient (Wildman–Crippen LogP) is 14.0. The number of hydrogen-bond donors (Lipinski definition) is 1. The fourth-order valence-electron chi connectivity index (χ4n) is 8.36. The van der Waals surface area contributed by atoms with E-state index >= 15 is 0 Å². The maximum absolute atomic E-state index is 5.25. The van der Waals surface area contributed by atoms with E-state index in [0.29, 0.717) is 23.3 Å². The molecule has 0 saturated heterocycles. The number of nitrogens with one attached hydrogen (secondary N) is 1. The minimum Gasteiger partial charge on any atom is -0.344 e. The fourth-order valence-corrected chi connectivity index (χ4v) is 8.36. The summed E-state index contributed by atoms with van der Waals surface area (Å²) in [6, 6.07) is 83.7. The third kappa shape index (κ3) is 8.59. The number of rotatable bonds is 10. The molecule has 0 aliphatic carbocycles. The lowest BCUT2D eigenvalue weighted by molar-refractivity contribution is 0.674. The van der Waals surface area contributed by atoms with E-state index in [1.165, 1.54) is 0 Å². The molecule has 1 N–H and O–H groups in total. The lowest BCUT2D eigenvalue weighted by Crippen LogP contribution is -2.33. The van der Waals surface area contributed by atoms with Crippen LogP contribution in [-0.4, -0.2) is 26.6 Å². The summed E-state index contributed by atoms with van der Waals surface area (Å²) in [6.07, 6.45) is -0.384. The van der Waals surface area contributed by atoms with E-state index in [0.717, 1.165) is 83.7 Å². The van der Waals surface area contributed by atoms with E-state index in [2.05, 4.69) is 212 Å². The highest BCUT2D eigenvalue weighted by molar-refractivity contribution is 6.13. The van der Waals surface area contributed by atoms with Crippen LogP contribution in [0.3, 0.4) is 0 Å². The molecular weight excluding hydrogens is 805 g/mol. The van der Waals surface area contributed by atoms with E-state index in [-0.39, 0.29) is 6.17 Å². The van der Waals surface area contributed by atoms with Crippen molar-refractivity contribution in [2.75, 3.05) is 0 Å². The minimum absolute atomic E-state index is 0.384. The second-order valence-electron chi connectivity index (χ2n) is 16.2. The van der Waals surface area contributed by atoms with E-state index in [1.807, 2.05) is 36.4 Å².